The van der Waals surface area contributed by atoms with E-state index in [4.69, 9.17) is 5.11 Å². The maximum Gasteiger partial charge on any atom is 0.308 e. The van der Waals surface area contributed by atoms with Crippen LogP contribution in [0.1, 0.15) is 19.3 Å². The van der Waals surface area contributed by atoms with E-state index >= 15 is 0 Å². The second kappa shape index (κ2) is 7.33. The van der Waals surface area contributed by atoms with Crippen LogP contribution in [0.15, 0.2) is 35.2 Å². The van der Waals surface area contributed by atoms with Crippen molar-refractivity contribution in [2.24, 2.45) is 5.92 Å². The highest BCUT2D eigenvalue weighted by Gasteiger charge is 2.30. The summed E-state index contributed by atoms with van der Waals surface area (Å²) in [6, 6.07) is 10.1. The van der Waals surface area contributed by atoms with Crippen molar-refractivity contribution in [1.29, 1.82) is 0 Å². The first kappa shape index (κ1) is 14.9. The number of hydrogen-bond donors (Lipinski definition) is 1. The summed E-state index contributed by atoms with van der Waals surface area (Å²) in [6.07, 6.45) is 1.92. The van der Waals surface area contributed by atoms with Gasteiger partial charge in [-0.1, -0.05) is 18.2 Å². The van der Waals surface area contributed by atoms with Crippen molar-refractivity contribution < 1.29 is 14.7 Å². The number of rotatable bonds is 6. The van der Waals surface area contributed by atoms with Crippen LogP contribution < -0.4 is 0 Å². The van der Waals surface area contributed by atoms with E-state index in [1.54, 1.807) is 16.7 Å². The molecule has 108 valence electrons. The van der Waals surface area contributed by atoms with Crippen molar-refractivity contribution in [3.8, 4) is 0 Å². The number of thioether (sulfide) groups is 1. The van der Waals surface area contributed by atoms with E-state index in [1.165, 1.54) is 4.90 Å². The van der Waals surface area contributed by atoms with Crippen molar-refractivity contribution in [3.05, 3.63) is 30.3 Å². The lowest BCUT2D eigenvalue weighted by Gasteiger charge is -2.15. The van der Waals surface area contributed by atoms with Crippen molar-refractivity contribution in [2.45, 2.75) is 24.2 Å². The van der Waals surface area contributed by atoms with Gasteiger partial charge < -0.3 is 10.0 Å². The zero-order chi connectivity index (χ0) is 14.4. The van der Waals surface area contributed by atoms with Crippen molar-refractivity contribution >= 4 is 23.6 Å². The summed E-state index contributed by atoms with van der Waals surface area (Å²) in [5.41, 5.74) is 0. The van der Waals surface area contributed by atoms with E-state index in [1.807, 2.05) is 18.2 Å². The second-order valence-electron chi connectivity index (χ2n) is 4.93. The van der Waals surface area contributed by atoms with Gasteiger partial charge >= 0.3 is 5.97 Å². The molecule has 1 N–H and O–H groups in total. The zero-order valence-corrected chi connectivity index (χ0v) is 12.1. The van der Waals surface area contributed by atoms with E-state index in [2.05, 4.69) is 12.1 Å². The van der Waals surface area contributed by atoms with Crippen LogP contribution in [0, 0.1) is 5.92 Å². The van der Waals surface area contributed by atoms with Crippen LogP contribution in [0.2, 0.25) is 0 Å². The topological polar surface area (TPSA) is 57.6 Å². The molecule has 0 saturated carbocycles. The van der Waals surface area contributed by atoms with Gasteiger partial charge in [0.2, 0.25) is 5.91 Å². The standard InChI is InChI=1S/C15H19NO3S/c17-14(16-9-8-12(11-16)15(18)19)7-4-10-20-13-5-2-1-3-6-13/h1-3,5-6,12H,4,7-11H2,(H,18,19). The fourth-order valence-electron chi connectivity index (χ4n) is 2.28. The number of hydrogen-bond acceptors (Lipinski definition) is 3. The van der Waals surface area contributed by atoms with Crippen LogP contribution in [0.25, 0.3) is 0 Å². The Hall–Kier alpha value is -1.49. The average molecular weight is 293 g/mol. The van der Waals surface area contributed by atoms with Crippen LogP contribution in [0.4, 0.5) is 0 Å². The molecular formula is C15H19NO3S. The van der Waals surface area contributed by atoms with Gasteiger partial charge in [0.15, 0.2) is 0 Å². The molecular weight excluding hydrogens is 274 g/mol. The quantitative estimate of drug-likeness (QED) is 0.646. The first-order chi connectivity index (χ1) is 9.66. The SMILES string of the molecule is O=C(O)C1CCN(C(=O)CCCSc2ccccc2)C1. The van der Waals surface area contributed by atoms with Crippen molar-refractivity contribution in [1.82, 2.24) is 4.90 Å². The molecule has 5 heteroatoms. The Bertz CT molecular complexity index is 463. The molecule has 1 heterocycles. The zero-order valence-electron chi connectivity index (χ0n) is 11.3. The minimum Gasteiger partial charge on any atom is -0.481 e. The first-order valence-corrected chi connectivity index (χ1v) is 7.84. The first-order valence-electron chi connectivity index (χ1n) is 6.85. The van der Waals surface area contributed by atoms with Gasteiger partial charge in [-0.05, 0) is 30.7 Å². The monoisotopic (exact) mass is 293 g/mol. The Labute approximate surface area is 123 Å². The van der Waals surface area contributed by atoms with Gasteiger partial charge in [-0.2, -0.15) is 0 Å². The van der Waals surface area contributed by atoms with Gasteiger partial charge in [-0.3, -0.25) is 9.59 Å². The number of carbonyl (C=O) groups excluding carboxylic acids is 1. The minimum atomic E-state index is -0.792. The van der Waals surface area contributed by atoms with Crippen molar-refractivity contribution in [3.63, 3.8) is 0 Å². The van der Waals surface area contributed by atoms with Crippen LogP contribution in [-0.2, 0) is 9.59 Å². The highest BCUT2D eigenvalue weighted by molar-refractivity contribution is 7.99. The molecule has 0 bridgehead atoms. The molecule has 0 aliphatic carbocycles. The van der Waals surface area contributed by atoms with Gasteiger partial charge in [-0.15, -0.1) is 11.8 Å². The number of nitrogens with zero attached hydrogens (tertiary/aromatic N) is 1. The third-order valence-corrected chi connectivity index (χ3v) is 4.54. The fraction of sp³-hybridized carbons (Fsp3) is 0.467. The summed E-state index contributed by atoms with van der Waals surface area (Å²) in [4.78, 5) is 25.7. The lowest BCUT2D eigenvalue weighted by atomic mass is 10.1. The van der Waals surface area contributed by atoms with Gasteiger partial charge in [0.25, 0.3) is 0 Å². The highest BCUT2D eigenvalue weighted by atomic mass is 32.2. The van der Waals surface area contributed by atoms with Gasteiger partial charge in [-0.25, -0.2) is 0 Å². The van der Waals surface area contributed by atoms with Crippen LogP contribution in [0.3, 0.4) is 0 Å². The average Bonchev–Trinajstić information content (AvgIpc) is 2.94. The summed E-state index contributed by atoms with van der Waals surface area (Å²) in [5.74, 6) is -0.175. The van der Waals surface area contributed by atoms with Gasteiger partial charge in [0.1, 0.15) is 0 Å². The number of likely N-dealkylation sites (tertiary alicyclic amines) is 1. The molecule has 1 atom stereocenters. The molecule has 1 saturated heterocycles. The van der Waals surface area contributed by atoms with Gasteiger partial charge in [0, 0.05) is 24.4 Å². The Morgan fingerprint density at radius 3 is 2.70 bits per heavy atom. The Kier molecular flexibility index (Phi) is 5.47. The molecule has 0 spiro atoms. The smallest absolute Gasteiger partial charge is 0.308 e. The lowest BCUT2D eigenvalue weighted by Crippen LogP contribution is -2.29. The minimum absolute atomic E-state index is 0.0856. The van der Waals surface area contributed by atoms with E-state index in [9.17, 15) is 9.59 Å². The van der Waals surface area contributed by atoms with Crippen molar-refractivity contribution in [2.75, 3.05) is 18.8 Å². The van der Waals surface area contributed by atoms with Crippen LogP contribution in [-0.4, -0.2) is 40.7 Å². The summed E-state index contributed by atoms with van der Waals surface area (Å²) in [5, 5.41) is 8.91. The number of carboxylic acid groups (broad SMARTS) is 1. The maximum atomic E-state index is 11.9. The normalized spacial score (nSPS) is 18.2. The molecule has 1 unspecified atom stereocenters. The number of carbonyl (C=O) groups is 2. The Morgan fingerprint density at radius 2 is 2.05 bits per heavy atom. The van der Waals surface area contributed by atoms with Crippen LogP contribution >= 0.6 is 11.8 Å². The lowest BCUT2D eigenvalue weighted by molar-refractivity contribution is -0.141. The van der Waals surface area contributed by atoms with E-state index in [0.29, 0.717) is 25.9 Å². The number of aliphatic carboxylic acids is 1. The molecule has 4 nitrogen and oxygen atoms in total. The van der Waals surface area contributed by atoms with Crippen LogP contribution in [0.5, 0.6) is 0 Å². The summed E-state index contributed by atoms with van der Waals surface area (Å²) in [6.45, 7) is 0.960. The Morgan fingerprint density at radius 1 is 1.30 bits per heavy atom. The molecule has 1 amide bonds. The summed E-state index contributed by atoms with van der Waals surface area (Å²) >= 11 is 1.75. The molecule has 2 rings (SSSR count). The van der Waals surface area contributed by atoms with E-state index in [0.717, 1.165) is 12.2 Å². The number of carboxylic acids is 1. The fourth-order valence-corrected chi connectivity index (χ4v) is 3.15. The molecule has 1 aliphatic rings. The molecule has 0 radical (unpaired) electrons. The maximum absolute atomic E-state index is 11.9. The van der Waals surface area contributed by atoms with Gasteiger partial charge in [0.05, 0.1) is 5.92 Å². The molecule has 1 aliphatic heterocycles. The molecule has 1 aromatic rings. The largest absolute Gasteiger partial charge is 0.481 e. The number of amides is 1. The highest BCUT2D eigenvalue weighted by Crippen LogP contribution is 2.20. The summed E-state index contributed by atoms with van der Waals surface area (Å²) in [7, 11) is 0. The molecule has 20 heavy (non-hydrogen) atoms. The Balaban J connectivity index is 1.65. The molecule has 1 aromatic carbocycles. The third-order valence-electron chi connectivity index (χ3n) is 3.44. The van der Waals surface area contributed by atoms with E-state index < -0.39 is 5.97 Å². The second-order valence-corrected chi connectivity index (χ2v) is 6.10. The predicted octanol–water partition coefficient (Wildman–Crippen LogP) is 2.49. The molecule has 0 aromatic heterocycles. The third kappa shape index (κ3) is 4.27. The van der Waals surface area contributed by atoms with E-state index in [-0.39, 0.29) is 11.8 Å². The summed E-state index contributed by atoms with van der Waals surface area (Å²) < 4.78 is 0. The molecule has 1 fully saturated rings. The predicted molar refractivity (Wildman–Crippen MR) is 78.7 cm³/mol. The number of benzene rings is 1.